The highest BCUT2D eigenvalue weighted by Gasteiger charge is 2.37. The maximum Gasteiger partial charge on any atom is 0.148 e. The number of hydrogen-bond acceptors (Lipinski definition) is 4. The van der Waals surface area contributed by atoms with Crippen LogP contribution in [0.4, 0.5) is 0 Å². The Labute approximate surface area is 123 Å². The number of aromatic nitrogens is 1. The van der Waals surface area contributed by atoms with E-state index in [2.05, 4.69) is 30.6 Å². The summed E-state index contributed by atoms with van der Waals surface area (Å²) in [4.78, 5) is 15.3. The van der Waals surface area contributed by atoms with E-state index in [-0.39, 0.29) is 4.75 Å². The van der Waals surface area contributed by atoms with Gasteiger partial charge in [-0.3, -0.25) is 4.79 Å². The molecule has 19 heavy (non-hydrogen) atoms. The largest absolute Gasteiger partial charge is 0.298 e. The molecule has 1 aromatic heterocycles. The van der Waals surface area contributed by atoms with Crippen LogP contribution in [0.5, 0.6) is 0 Å². The first-order chi connectivity index (χ1) is 9.15. The van der Waals surface area contributed by atoms with E-state index < -0.39 is 0 Å². The number of fused-ring (bicyclic) bond motifs is 1. The zero-order chi connectivity index (χ0) is 13.7. The van der Waals surface area contributed by atoms with E-state index in [1.165, 1.54) is 4.70 Å². The summed E-state index contributed by atoms with van der Waals surface area (Å²) >= 11 is 6.08. The van der Waals surface area contributed by atoms with E-state index in [1.807, 2.05) is 23.7 Å². The minimum Gasteiger partial charge on any atom is -0.298 e. The topological polar surface area (TPSA) is 30.0 Å². The highest BCUT2D eigenvalue weighted by molar-refractivity contribution is 7.82. The van der Waals surface area contributed by atoms with Crippen LogP contribution in [0.1, 0.15) is 39.0 Å². The van der Waals surface area contributed by atoms with Crippen LogP contribution < -0.4 is 0 Å². The van der Waals surface area contributed by atoms with E-state index in [9.17, 15) is 4.79 Å². The average molecular weight is 293 g/mol. The third-order valence-corrected chi connectivity index (χ3v) is 4.92. The first-order valence-corrected chi connectivity index (χ1v) is 8.02. The molecule has 4 heteroatoms. The van der Waals surface area contributed by atoms with Gasteiger partial charge in [-0.2, -0.15) is 12.6 Å². The van der Waals surface area contributed by atoms with Crippen molar-refractivity contribution in [2.45, 2.75) is 43.8 Å². The van der Waals surface area contributed by atoms with E-state index in [0.29, 0.717) is 5.78 Å². The van der Waals surface area contributed by atoms with Crippen LogP contribution in [0.15, 0.2) is 29.8 Å². The molecule has 0 amide bonds. The molecule has 1 saturated carbocycles. The SMILES string of the molecule is CCCC1(S)CCCC1=O.c1ccc2scnc2c1. The van der Waals surface area contributed by atoms with Crippen LogP contribution in [0.2, 0.25) is 0 Å². The second kappa shape index (κ2) is 6.53. The van der Waals surface area contributed by atoms with E-state index >= 15 is 0 Å². The first kappa shape index (κ1) is 14.5. The average Bonchev–Trinajstić information content (AvgIpc) is 2.99. The van der Waals surface area contributed by atoms with Gasteiger partial charge >= 0.3 is 0 Å². The van der Waals surface area contributed by atoms with Crippen molar-refractivity contribution >= 4 is 40.0 Å². The standard InChI is InChI=1S/C8H14OS.C7H5NS/c1-2-5-8(10)6-3-4-7(8)9;1-2-4-7-6(3-1)8-5-9-7/h10H,2-6H2,1H3;1-5H. The van der Waals surface area contributed by atoms with Crippen LogP contribution in [0.3, 0.4) is 0 Å². The molecule has 102 valence electrons. The summed E-state index contributed by atoms with van der Waals surface area (Å²) in [7, 11) is 0. The fourth-order valence-electron chi connectivity index (χ4n) is 2.39. The molecule has 1 atom stereocenters. The third kappa shape index (κ3) is 3.57. The number of benzene rings is 1. The lowest BCUT2D eigenvalue weighted by molar-refractivity contribution is -0.119. The van der Waals surface area contributed by atoms with Crippen LogP contribution in [-0.4, -0.2) is 15.5 Å². The van der Waals surface area contributed by atoms with Gasteiger partial charge in [0, 0.05) is 6.42 Å². The molecule has 0 radical (unpaired) electrons. The number of Topliss-reactive ketones (excluding diaryl/α,β-unsaturated/α-hetero) is 1. The lowest BCUT2D eigenvalue weighted by Crippen LogP contribution is -2.25. The lowest BCUT2D eigenvalue weighted by Gasteiger charge is -2.18. The first-order valence-electron chi connectivity index (χ1n) is 6.69. The van der Waals surface area contributed by atoms with Crippen LogP contribution in [0, 0.1) is 0 Å². The van der Waals surface area contributed by atoms with Gasteiger partial charge in [0.2, 0.25) is 0 Å². The fourth-order valence-corrected chi connectivity index (χ4v) is 3.57. The highest BCUT2D eigenvalue weighted by atomic mass is 32.1. The molecule has 1 aliphatic carbocycles. The van der Waals surface area contributed by atoms with Crippen molar-refractivity contribution in [1.82, 2.24) is 4.98 Å². The number of thiazole rings is 1. The van der Waals surface area contributed by atoms with E-state index in [4.69, 9.17) is 0 Å². The van der Waals surface area contributed by atoms with Gasteiger partial charge in [0.05, 0.1) is 20.5 Å². The molecule has 2 aromatic rings. The molecule has 3 rings (SSSR count). The Bertz CT molecular complexity index is 522. The lowest BCUT2D eigenvalue weighted by atomic mass is 10.0. The second-order valence-corrected chi connectivity index (χ2v) is 6.62. The number of para-hydroxylation sites is 1. The maximum atomic E-state index is 11.2. The smallest absolute Gasteiger partial charge is 0.148 e. The van der Waals surface area contributed by atoms with Crippen molar-refractivity contribution in [3.63, 3.8) is 0 Å². The molecule has 0 saturated heterocycles. The normalized spacial score (nSPS) is 22.3. The summed E-state index contributed by atoms with van der Waals surface area (Å²) in [5, 5.41) is 0. The number of ketones is 1. The monoisotopic (exact) mass is 293 g/mol. The number of carbonyl (C=O) groups excluding carboxylic acids is 1. The zero-order valence-corrected chi connectivity index (χ0v) is 12.8. The molecule has 0 spiro atoms. The molecule has 1 aromatic carbocycles. The summed E-state index contributed by atoms with van der Waals surface area (Å²) in [6.45, 7) is 2.10. The Hall–Kier alpha value is -0.870. The van der Waals surface area contributed by atoms with Gasteiger partial charge in [-0.25, -0.2) is 4.98 Å². The molecule has 0 aliphatic heterocycles. The van der Waals surface area contributed by atoms with Crippen molar-refractivity contribution in [2.24, 2.45) is 0 Å². The third-order valence-electron chi connectivity index (χ3n) is 3.41. The van der Waals surface area contributed by atoms with Gasteiger partial charge in [-0.05, 0) is 31.4 Å². The van der Waals surface area contributed by atoms with E-state index in [0.717, 1.165) is 37.6 Å². The van der Waals surface area contributed by atoms with Crippen molar-refractivity contribution in [3.8, 4) is 0 Å². The van der Waals surface area contributed by atoms with Gasteiger partial charge in [0.1, 0.15) is 5.78 Å². The Kier molecular flexibility index (Phi) is 4.99. The minimum absolute atomic E-state index is 0.241. The van der Waals surface area contributed by atoms with Crippen LogP contribution in [0.25, 0.3) is 10.2 Å². The molecule has 1 aliphatic rings. The number of rotatable bonds is 2. The molecule has 1 heterocycles. The summed E-state index contributed by atoms with van der Waals surface area (Å²) < 4.78 is 1.02. The molecule has 0 N–H and O–H groups in total. The Morgan fingerprint density at radius 1 is 1.42 bits per heavy atom. The predicted molar refractivity (Wildman–Crippen MR) is 85.1 cm³/mol. The quantitative estimate of drug-likeness (QED) is 0.826. The number of thiol groups is 1. The van der Waals surface area contributed by atoms with Crippen molar-refractivity contribution in [3.05, 3.63) is 29.8 Å². The zero-order valence-electron chi connectivity index (χ0n) is 11.1. The van der Waals surface area contributed by atoms with Crippen molar-refractivity contribution in [2.75, 3.05) is 0 Å². The molecular weight excluding hydrogens is 274 g/mol. The van der Waals surface area contributed by atoms with Gasteiger partial charge in [0.15, 0.2) is 0 Å². The summed E-state index contributed by atoms with van der Waals surface area (Å²) in [5.41, 5.74) is 2.97. The molecule has 1 fully saturated rings. The summed E-state index contributed by atoms with van der Waals surface area (Å²) in [6, 6.07) is 8.13. The Morgan fingerprint density at radius 3 is 2.84 bits per heavy atom. The maximum absolute atomic E-state index is 11.2. The second-order valence-electron chi connectivity index (χ2n) is 4.88. The fraction of sp³-hybridized carbons (Fsp3) is 0.467. The van der Waals surface area contributed by atoms with Gasteiger partial charge in [-0.1, -0.05) is 25.5 Å². The van der Waals surface area contributed by atoms with Crippen molar-refractivity contribution in [1.29, 1.82) is 0 Å². The summed E-state index contributed by atoms with van der Waals surface area (Å²) in [5.74, 6) is 0.359. The van der Waals surface area contributed by atoms with Gasteiger partial charge < -0.3 is 0 Å². The van der Waals surface area contributed by atoms with Crippen molar-refractivity contribution < 1.29 is 4.79 Å². The molecular formula is C15H19NOS2. The number of hydrogen-bond donors (Lipinski definition) is 1. The molecule has 0 bridgehead atoms. The molecule has 1 unspecified atom stereocenters. The van der Waals surface area contributed by atoms with Gasteiger partial charge in [-0.15, -0.1) is 11.3 Å². The Morgan fingerprint density at radius 2 is 2.21 bits per heavy atom. The number of nitrogens with zero attached hydrogens (tertiary/aromatic N) is 1. The van der Waals surface area contributed by atoms with Crippen LogP contribution >= 0.6 is 24.0 Å². The number of carbonyl (C=O) groups is 1. The highest BCUT2D eigenvalue weighted by Crippen LogP contribution is 2.35. The minimum atomic E-state index is -0.241. The predicted octanol–water partition coefficient (Wildman–Crippen LogP) is 4.50. The molecule has 2 nitrogen and oxygen atoms in total. The van der Waals surface area contributed by atoms with Crippen LogP contribution in [-0.2, 0) is 4.79 Å². The summed E-state index contributed by atoms with van der Waals surface area (Å²) in [6.07, 6.45) is 4.80. The van der Waals surface area contributed by atoms with Gasteiger partial charge in [0.25, 0.3) is 0 Å². The Balaban J connectivity index is 0.000000141. The van der Waals surface area contributed by atoms with E-state index in [1.54, 1.807) is 11.3 Å².